The summed E-state index contributed by atoms with van der Waals surface area (Å²) >= 11 is 0. The first-order valence-corrected chi connectivity index (χ1v) is 8.41. The number of fused-ring (bicyclic) bond motifs is 1. The molecule has 0 amide bonds. The van der Waals surface area contributed by atoms with Crippen LogP contribution in [0.25, 0.3) is 0 Å². The lowest BCUT2D eigenvalue weighted by Gasteiger charge is -2.27. The smallest absolute Gasteiger partial charge is 0.241 e. The lowest BCUT2D eigenvalue weighted by molar-refractivity contribution is 0.310. The van der Waals surface area contributed by atoms with Gasteiger partial charge in [0.05, 0.1) is 17.1 Å². The largest absolute Gasteiger partial charge is 0.490 e. The standard InChI is InChI=1S/C15H17N3O3S/c1-18-7-8-21-15-9-13(4-5-14(15)18)22(19,20)17-11-12-3-2-6-16-10-12/h2-6,9-10,17H,7-8,11H2,1H3. The molecule has 0 saturated heterocycles. The van der Waals surface area contributed by atoms with Gasteiger partial charge in [0.2, 0.25) is 10.0 Å². The molecule has 1 N–H and O–H groups in total. The van der Waals surface area contributed by atoms with Gasteiger partial charge in [0.15, 0.2) is 0 Å². The SMILES string of the molecule is CN1CCOc2cc(S(=O)(=O)NCc3cccnc3)ccc21. The number of hydrogen-bond donors (Lipinski definition) is 1. The Hall–Kier alpha value is -2.12. The molecular formula is C15H17N3O3S. The molecule has 116 valence electrons. The maximum atomic E-state index is 12.4. The molecule has 1 aromatic heterocycles. The van der Waals surface area contributed by atoms with Crippen molar-refractivity contribution in [1.29, 1.82) is 0 Å². The van der Waals surface area contributed by atoms with Crippen LogP contribution in [0.3, 0.4) is 0 Å². The van der Waals surface area contributed by atoms with Gasteiger partial charge in [-0.25, -0.2) is 13.1 Å². The molecule has 0 fully saturated rings. The van der Waals surface area contributed by atoms with Crippen molar-refractivity contribution in [2.45, 2.75) is 11.4 Å². The van der Waals surface area contributed by atoms with E-state index >= 15 is 0 Å². The van der Waals surface area contributed by atoms with Gasteiger partial charge < -0.3 is 9.64 Å². The van der Waals surface area contributed by atoms with Crippen LogP contribution in [0.5, 0.6) is 5.75 Å². The summed E-state index contributed by atoms with van der Waals surface area (Å²) in [5, 5.41) is 0. The molecule has 0 unspecified atom stereocenters. The van der Waals surface area contributed by atoms with E-state index in [2.05, 4.69) is 9.71 Å². The van der Waals surface area contributed by atoms with Crippen LogP contribution in [0.2, 0.25) is 0 Å². The van der Waals surface area contributed by atoms with E-state index in [0.717, 1.165) is 17.8 Å². The molecular weight excluding hydrogens is 302 g/mol. The van der Waals surface area contributed by atoms with Crippen molar-refractivity contribution in [2.24, 2.45) is 0 Å². The second-order valence-electron chi connectivity index (χ2n) is 5.09. The predicted octanol–water partition coefficient (Wildman–Crippen LogP) is 1.39. The number of benzene rings is 1. The van der Waals surface area contributed by atoms with Gasteiger partial charge in [-0.3, -0.25) is 4.98 Å². The fourth-order valence-corrected chi connectivity index (χ4v) is 3.30. The number of rotatable bonds is 4. The van der Waals surface area contributed by atoms with E-state index in [4.69, 9.17) is 4.74 Å². The zero-order chi connectivity index (χ0) is 15.6. The number of nitrogens with one attached hydrogen (secondary N) is 1. The monoisotopic (exact) mass is 319 g/mol. The third-order valence-corrected chi connectivity index (χ3v) is 4.93. The van der Waals surface area contributed by atoms with Crippen LogP contribution in [0.15, 0.2) is 47.6 Å². The van der Waals surface area contributed by atoms with Crippen molar-refractivity contribution in [3.05, 3.63) is 48.3 Å². The molecule has 22 heavy (non-hydrogen) atoms. The van der Waals surface area contributed by atoms with E-state index in [-0.39, 0.29) is 11.4 Å². The van der Waals surface area contributed by atoms with E-state index < -0.39 is 10.0 Å². The van der Waals surface area contributed by atoms with Crippen molar-refractivity contribution >= 4 is 15.7 Å². The molecule has 2 heterocycles. The van der Waals surface area contributed by atoms with Gasteiger partial charge in [0.1, 0.15) is 12.4 Å². The van der Waals surface area contributed by atoms with Crippen LogP contribution < -0.4 is 14.4 Å². The Morgan fingerprint density at radius 3 is 3.00 bits per heavy atom. The Balaban J connectivity index is 1.80. The summed E-state index contributed by atoms with van der Waals surface area (Å²) in [5.41, 5.74) is 1.71. The zero-order valence-corrected chi connectivity index (χ0v) is 13.0. The Labute approximate surface area is 129 Å². The number of anilines is 1. The summed E-state index contributed by atoms with van der Waals surface area (Å²) in [6.45, 7) is 1.54. The number of nitrogens with zero attached hydrogens (tertiary/aromatic N) is 2. The number of sulfonamides is 1. The molecule has 6 nitrogen and oxygen atoms in total. The number of hydrogen-bond acceptors (Lipinski definition) is 5. The highest BCUT2D eigenvalue weighted by Gasteiger charge is 2.20. The first kappa shape index (κ1) is 14.8. The molecule has 0 spiro atoms. The van der Waals surface area contributed by atoms with Crippen LogP contribution in [0.4, 0.5) is 5.69 Å². The quantitative estimate of drug-likeness (QED) is 0.922. The minimum Gasteiger partial charge on any atom is -0.490 e. The van der Waals surface area contributed by atoms with Gasteiger partial charge in [-0.15, -0.1) is 0 Å². The number of pyridine rings is 1. The zero-order valence-electron chi connectivity index (χ0n) is 12.2. The Morgan fingerprint density at radius 1 is 1.36 bits per heavy atom. The number of ether oxygens (including phenoxy) is 1. The van der Waals surface area contributed by atoms with E-state index in [9.17, 15) is 8.42 Å². The maximum Gasteiger partial charge on any atom is 0.241 e. The normalized spacial score (nSPS) is 14.3. The molecule has 1 aromatic carbocycles. The van der Waals surface area contributed by atoms with Crippen molar-refractivity contribution < 1.29 is 13.2 Å². The number of likely N-dealkylation sites (N-methyl/N-ethyl adjacent to an activating group) is 1. The topological polar surface area (TPSA) is 71.5 Å². The predicted molar refractivity (Wildman–Crippen MR) is 83.5 cm³/mol. The molecule has 1 aliphatic rings. The Kier molecular flexibility index (Phi) is 4.00. The average Bonchev–Trinajstić information content (AvgIpc) is 2.54. The highest BCUT2D eigenvalue weighted by atomic mass is 32.2. The summed E-state index contributed by atoms with van der Waals surface area (Å²) in [6.07, 6.45) is 3.28. The van der Waals surface area contributed by atoms with Crippen molar-refractivity contribution in [3.8, 4) is 5.75 Å². The second kappa shape index (κ2) is 5.94. The molecule has 2 aromatic rings. The lowest BCUT2D eigenvalue weighted by atomic mass is 10.2. The van der Waals surface area contributed by atoms with E-state index in [1.54, 1.807) is 36.7 Å². The van der Waals surface area contributed by atoms with Gasteiger partial charge >= 0.3 is 0 Å². The van der Waals surface area contributed by atoms with Gasteiger partial charge in [-0.05, 0) is 23.8 Å². The Morgan fingerprint density at radius 2 is 2.23 bits per heavy atom. The van der Waals surface area contributed by atoms with Crippen LogP contribution in [0, 0.1) is 0 Å². The van der Waals surface area contributed by atoms with E-state index in [1.807, 2.05) is 18.0 Å². The third kappa shape index (κ3) is 3.05. The lowest BCUT2D eigenvalue weighted by Crippen LogP contribution is -2.29. The molecule has 0 radical (unpaired) electrons. The fraction of sp³-hybridized carbons (Fsp3) is 0.267. The van der Waals surface area contributed by atoms with Crippen LogP contribution in [-0.2, 0) is 16.6 Å². The molecule has 0 aliphatic carbocycles. The van der Waals surface area contributed by atoms with E-state index in [1.165, 1.54) is 0 Å². The van der Waals surface area contributed by atoms with Gasteiger partial charge in [0, 0.05) is 32.1 Å². The fourth-order valence-electron chi connectivity index (χ4n) is 2.27. The molecule has 3 rings (SSSR count). The van der Waals surface area contributed by atoms with Crippen molar-refractivity contribution in [3.63, 3.8) is 0 Å². The third-order valence-electron chi connectivity index (χ3n) is 3.53. The number of aromatic nitrogens is 1. The van der Waals surface area contributed by atoms with Crippen LogP contribution in [-0.4, -0.2) is 33.6 Å². The van der Waals surface area contributed by atoms with E-state index in [0.29, 0.717) is 12.4 Å². The van der Waals surface area contributed by atoms with Gasteiger partial charge in [0.25, 0.3) is 0 Å². The van der Waals surface area contributed by atoms with Crippen LogP contribution >= 0.6 is 0 Å². The van der Waals surface area contributed by atoms with Crippen molar-refractivity contribution in [2.75, 3.05) is 25.1 Å². The molecule has 1 aliphatic heterocycles. The maximum absolute atomic E-state index is 12.4. The summed E-state index contributed by atoms with van der Waals surface area (Å²) < 4.78 is 32.9. The molecule has 7 heteroatoms. The van der Waals surface area contributed by atoms with Gasteiger partial charge in [-0.2, -0.15) is 0 Å². The first-order valence-electron chi connectivity index (χ1n) is 6.93. The second-order valence-corrected chi connectivity index (χ2v) is 6.85. The average molecular weight is 319 g/mol. The van der Waals surface area contributed by atoms with Crippen LogP contribution in [0.1, 0.15) is 5.56 Å². The highest BCUT2D eigenvalue weighted by Crippen LogP contribution is 2.32. The minimum atomic E-state index is -3.59. The summed E-state index contributed by atoms with van der Waals surface area (Å²) in [7, 11) is -1.63. The summed E-state index contributed by atoms with van der Waals surface area (Å²) in [6, 6.07) is 8.52. The highest BCUT2D eigenvalue weighted by molar-refractivity contribution is 7.89. The summed E-state index contributed by atoms with van der Waals surface area (Å²) in [5.74, 6) is 0.595. The minimum absolute atomic E-state index is 0.199. The summed E-state index contributed by atoms with van der Waals surface area (Å²) in [4.78, 5) is 6.20. The molecule has 0 saturated carbocycles. The van der Waals surface area contributed by atoms with Gasteiger partial charge in [-0.1, -0.05) is 6.07 Å². The first-order chi connectivity index (χ1) is 10.6. The van der Waals surface area contributed by atoms with Crippen molar-refractivity contribution in [1.82, 2.24) is 9.71 Å². The Bertz CT molecular complexity index is 763. The molecule has 0 bridgehead atoms. The molecule has 0 atom stereocenters.